The normalized spacial score (nSPS) is 13.8. The van der Waals surface area contributed by atoms with E-state index in [0.29, 0.717) is 40.4 Å². The first-order valence-electron chi connectivity index (χ1n) is 8.62. The number of halogens is 1. The fourth-order valence-corrected chi connectivity index (χ4v) is 4.34. The lowest BCUT2D eigenvalue weighted by molar-refractivity contribution is -0.129. The molecule has 148 valence electrons. The molecular formula is C19H20ClN3O4S. The minimum Gasteiger partial charge on any atom is -0.338 e. The average molecular weight is 422 g/mol. The number of benzene rings is 2. The molecule has 2 aromatic rings. The minimum absolute atomic E-state index is 0.0266. The molecule has 0 saturated heterocycles. The molecule has 0 unspecified atom stereocenters. The molecule has 0 bridgehead atoms. The fourth-order valence-electron chi connectivity index (χ4n) is 3.27. The van der Waals surface area contributed by atoms with Gasteiger partial charge in [-0.3, -0.25) is 9.59 Å². The number of fused-ring (bicyclic) bond motifs is 1. The van der Waals surface area contributed by atoms with Crippen LogP contribution in [0.4, 0.5) is 5.69 Å². The van der Waals surface area contributed by atoms with Crippen molar-refractivity contribution < 1.29 is 18.0 Å². The van der Waals surface area contributed by atoms with Crippen molar-refractivity contribution in [2.24, 2.45) is 5.14 Å². The van der Waals surface area contributed by atoms with E-state index >= 15 is 0 Å². The highest BCUT2D eigenvalue weighted by atomic mass is 35.5. The second-order valence-corrected chi connectivity index (χ2v) is 8.60. The van der Waals surface area contributed by atoms with Crippen LogP contribution in [0.2, 0.25) is 5.02 Å². The van der Waals surface area contributed by atoms with E-state index < -0.39 is 10.0 Å². The number of carbonyl (C=O) groups is 2. The smallest absolute Gasteiger partial charge is 0.238 e. The van der Waals surface area contributed by atoms with Crippen LogP contribution < -0.4 is 10.5 Å². The monoisotopic (exact) mass is 421 g/mol. The van der Waals surface area contributed by atoms with Gasteiger partial charge >= 0.3 is 0 Å². The maximum atomic E-state index is 12.4. The molecule has 0 radical (unpaired) electrons. The van der Waals surface area contributed by atoms with Gasteiger partial charge in [-0.25, -0.2) is 13.6 Å². The summed E-state index contributed by atoms with van der Waals surface area (Å²) in [6.45, 7) is 2.14. The van der Waals surface area contributed by atoms with Crippen LogP contribution in [0, 0.1) is 0 Å². The molecule has 2 amide bonds. The molecular weight excluding hydrogens is 402 g/mol. The van der Waals surface area contributed by atoms with Crippen LogP contribution in [0.1, 0.15) is 23.6 Å². The number of sulfonamides is 1. The third-order valence-electron chi connectivity index (χ3n) is 4.64. The third kappa shape index (κ3) is 4.52. The van der Waals surface area contributed by atoms with Crippen LogP contribution in [-0.4, -0.2) is 31.7 Å². The standard InChI is InChI=1S/C19H20ClN3O4S/c1-12(24)23-7-6-16-14(11-23)8-15(10-18(16)28(21,26)27)22-19(25)9-13-4-2-3-5-17(13)20/h2-5,8,10H,6-7,9,11H2,1H3,(H,22,25)(H2,21,26,27). The first-order chi connectivity index (χ1) is 13.1. The van der Waals surface area contributed by atoms with E-state index in [1.165, 1.54) is 13.0 Å². The Hall–Kier alpha value is -2.42. The molecule has 1 aliphatic heterocycles. The number of primary sulfonamides is 1. The van der Waals surface area contributed by atoms with Crippen molar-refractivity contribution in [3.05, 3.63) is 58.1 Å². The summed E-state index contributed by atoms with van der Waals surface area (Å²) in [5, 5.41) is 8.56. The summed E-state index contributed by atoms with van der Waals surface area (Å²) >= 11 is 6.08. The summed E-state index contributed by atoms with van der Waals surface area (Å²) in [4.78, 5) is 25.7. The second kappa shape index (κ2) is 7.90. The number of hydrogen-bond donors (Lipinski definition) is 2. The number of anilines is 1. The molecule has 3 N–H and O–H groups in total. The van der Waals surface area contributed by atoms with E-state index in [9.17, 15) is 18.0 Å². The molecule has 1 aliphatic rings. The maximum absolute atomic E-state index is 12.4. The Bertz CT molecular complexity index is 1050. The first kappa shape index (κ1) is 20.3. The summed E-state index contributed by atoms with van der Waals surface area (Å²) in [7, 11) is -3.98. The molecule has 2 aromatic carbocycles. The maximum Gasteiger partial charge on any atom is 0.238 e. The van der Waals surface area contributed by atoms with E-state index in [1.807, 2.05) is 0 Å². The zero-order chi connectivity index (χ0) is 20.5. The van der Waals surface area contributed by atoms with Crippen molar-refractivity contribution in [3.63, 3.8) is 0 Å². The topological polar surface area (TPSA) is 110 Å². The fraction of sp³-hybridized carbons (Fsp3) is 0.263. The van der Waals surface area contributed by atoms with Crippen molar-refractivity contribution in [1.29, 1.82) is 0 Å². The summed E-state index contributed by atoms with van der Waals surface area (Å²) in [6.07, 6.45) is 0.426. The Morgan fingerprint density at radius 2 is 1.96 bits per heavy atom. The van der Waals surface area contributed by atoms with Gasteiger partial charge < -0.3 is 10.2 Å². The van der Waals surface area contributed by atoms with Gasteiger partial charge in [0.1, 0.15) is 0 Å². The summed E-state index contributed by atoms with van der Waals surface area (Å²) in [5.41, 5.74) is 2.21. The largest absolute Gasteiger partial charge is 0.338 e. The molecule has 0 spiro atoms. The minimum atomic E-state index is -3.98. The zero-order valence-corrected chi connectivity index (χ0v) is 16.8. The van der Waals surface area contributed by atoms with Crippen molar-refractivity contribution >= 4 is 39.1 Å². The number of amides is 2. The molecule has 0 atom stereocenters. The Balaban J connectivity index is 1.91. The molecule has 7 nitrogen and oxygen atoms in total. The molecule has 0 aliphatic carbocycles. The van der Waals surface area contributed by atoms with Gasteiger partial charge in [-0.05, 0) is 41.3 Å². The van der Waals surface area contributed by atoms with Crippen molar-refractivity contribution in [3.8, 4) is 0 Å². The van der Waals surface area contributed by atoms with E-state index in [-0.39, 0.29) is 29.7 Å². The van der Waals surface area contributed by atoms with Gasteiger partial charge in [0.05, 0.1) is 11.3 Å². The van der Waals surface area contributed by atoms with Crippen LogP contribution in [0.5, 0.6) is 0 Å². The first-order valence-corrected chi connectivity index (χ1v) is 10.5. The van der Waals surface area contributed by atoms with Gasteiger partial charge in [0, 0.05) is 30.7 Å². The zero-order valence-electron chi connectivity index (χ0n) is 15.2. The number of nitrogens with zero attached hydrogens (tertiary/aromatic N) is 1. The van der Waals surface area contributed by atoms with Gasteiger partial charge in [0.2, 0.25) is 21.8 Å². The predicted octanol–water partition coefficient (Wildman–Crippen LogP) is 2.07. The van der Waals surface area contributed by atoms with Crippen LogP contribution in [0.15, 0.2) is 41.3 Å². The van der Waals surface area contributed by atoms with Gasteiger partial charge in [0.25, 0.3) is 0 Å². The van der Waals surface area contributed by atoms with Gasteiger partial charge in [-0.1, -0.05) is 29.8 Å². The third-order valence-corrected chi connectivity index (χ3v) is 5.98. The van der Waals surface area contributed by atoms with Gasteiger partial charge in [0.15, 0.2) is 0 Å². The second-order valence-electron chi connectivity index (χ2n) is 6.66. The van der Waals surface area contributed by atoms with Crippen LogP contribution in [0.25, 0.3) is 0 Å². The molecule has 0 fully saturated rings. The number of nitrogens with one attached hydrogen (secondary N) is 1. The number of nitrogens with two attached hydrogens (primary N) is 1. The van der Waals surface area contributed by atoms with Crippen molar-refractivity contribution in [1.82, 2.24) is 4.90 Å². The lowest BCUT2D eigenvalue weighted by atomic mass is 9.98. The highest BCUT2D eigenvalue weighted by Gasteiger charge is 2.25. The lowest BCUT2D eigenvalue weighted by Crippen LogP contribution is -2.35. The number of rotatable bonds is 4. The molecule has 28 heavy (non-hydrogen) atoms. The van der Waals surface area contributed by atoms with Gasteiger partial charge in [-0.15, -0.1) is 0 Å². The lowest BCUT2D eigenvalue weighted by Gasteiger charge is -2.29. The highest BCUT2D eigenvalue weighted by molar-refractivity contribution is 7.89. The summed E-state index contributed by atoms with van der Waals surface area (Å²) in [6, 6.07) is 10.0. The molecule has 3 rings (SSSR count). The van der Waals surface area contributed by atoms with Crippen LogP contribution in [-0.2, 0) is 39.0 Å². The van der Waals surface area contributed by atoms with Crippen LogP contribution >= 0.6 is 11.6 Å². The van der Waals surface area contributed by atoms with E-state index in [4.69, 9.17) is 16.7 Å². The average Bonchev–Trinajstić information content (AvgIpc) is 2.61. The van der Waals surface area contributed by atoms with Crippen molar-refractivity contribution in [2.45, 2.75) is 31.2 Å². The van der Waals surface area contributed by atoms with Crippen molar-refractivity contribution in [2.75, 3.05) is 11.9 Å². The Kier molecular flexibility index (Phi) is 5.74. The number of carbonyl (C=O) groups excluding carboxylic acids is 2. The predicted molar refractivity (Wildman–Crippen MR) is 106 cm³/mol. The SMILES string of the molecule is CC(=O)N1CCc2c(cc(NC(=O)Cc3ccccc3Cl)cc2S(N)(=O)=O)C1. The Morgan fingerprint density at radius 3 is 2.61 bits per heavy atom. The summed E-state index contributed by atoms with van der Waals surface area (Å²) < 4.78 is 24.1. The Labute approximate surface area is 168 Å². The summed E-state index contributed by atoms with van der Waals surface area (Å²) in [5.74, 6) is -0.441. The van der Waals surface area contributed by atoms with E-state index in [0.717, 1.165) is 0 Å². The number of hydrogen-bond acceptors (Lipinski definition) is 4. The molecule has 0 aromatic heterocycles. The molecule has 9 heteroatoms. The molecule has 0 saturated carbocycles. The van der Waals surface area contributed by atoms with E-state index in [1.54, 1.807) is 35.2 Å². The molecule has 1 heterocycles. The highest BCUT2D eigenvalue weighted by Crippen LogP contribution is 2.29. The van der Waals surface area contributed by atoms with Gasteiger partial charge in [-0.2, -0.15) is 0 Å². The van der Waals surface area contributed by atoms with Crippen LogP contribution in [0.3, 0.4) is 0 Å². The van der Waals surface area contributed by atoms with E-state index in [2.05, 4.69) is 5.32 Å². The quantitative estimate of drug-likeness (QED) is 0.787. The Morgan fingerprint density at radius 1 is 1.25 bits per heavy atom.